The van der Waals surface area contributed by atoms with E-state index in [-0.39, 0.29) is 5.91 Å². The Morgan fingerprint density at radius 3 is 2.64 bits per heavy atom. The monoisotopic (exact) mass is 299 g/mol. The first-order chi connectivity index (χ1) is 10.4. The van der Waals surface area contributed by atoms with E-state index < -0.39 is 0 Å². The molecule has 4 nitrogen and oxygen atoms in total. The van der Waals surface area contributed by atoms with E-state index in [0.29, 0.717) is 12.3 Å². The van der Waals surface area contributed by atoms with Gasteiger partial charge in [0, 0.05) is 24.8 Å². The van der Waals surface area contributed by atoms with Crippen molar-refractivity contribution in [3.05, 3.63) is 46.8 Å². The minimum atomic E-state index is 0.0450. The quantitative estimate of drug-likeness (QED) is 0.914. The van der Waals surface area contributed by atoms with E-state index >= 15 is 0 Å². The molecule has 0 saturated heterocycles. The minimum Gasteiger partial charge on any atom is -0.326 e. The van der Waals surface area contributed by atoms with Gasteiger partial charge in [0.15, 0.2) is 0 Å². The SMILES string of the molecule is Cc1nn(C)c(C)c1CCC(=O)Nc1cccc(C(C)C)c1. The zero-order valence-corrected chi connectivity index (χ0v) is 14.1. The Labute approximate surface area is 132 Å². The van der Waals surface area contributed by atoms with Gasteiger partial charge in [0.05, 0.1) is 5.69 Å². The Morgan fingerprint density at radius 2 is 2.05 bits per heavy atom. The zero-order chi connectivity index (χ0) is 16.3. The van der Waals surface area contributed by atoms with Gasteiger partial charge in [0.25, 0.3) is 0 Å². The lowest BCUT2D eigenvalue weighted by Gasteiger charge is -2.09. The van der Waals surface area contributed by atoms with Gasteiger partial charge in [-0.25, -0.2) is 0 Å². The standard InChI is InChI=1S/C18H25N3O/c1-12(2)15-7-6-8-16(11-15)19-18(22)10-9-17-13(3)20-21(5)14(17)4/h6-8,11-12H,9-10H2,1-5H3,(H,19,22). The molecule has 1 N–H and O–H groups in total. The average Bonchev–Trinajstić information content (AvgIpc) is 2.70. The first-order valence-electron chi connectivity index (χ1n) is 7.77. The van der Waals surface area contributed by atoms with Crippen LogP contribution in [-0.4, -0.2) is 15.7 Å². The number of hydrogen-bond acceptors (Lipinski definition) is 2. The third-order valence-electron chi connectivity index (χ3n) is 4.10. The van der Waals surface area contributed by atoms with Crippen LogP contribution in [0.3, 0.4) is 0 Å². The van der Waals surface area contributed by atoms with E-state index in [4.69, 9.17) is 0 Å². The van der Waals surface area contributed by atoms with E-state index in [9.17, 15) is 4.79 Å². The Morgan fingerprint density at radius 1 is 1.32 bits per heavy atom. The fraction of sp³-hybridized carbons (Fsp3) is 0.444. The zero-order valence-electron chi connectivity index (χ0n) is 14.1. The number of anilines is 1. The molecule has 0 aliphatic carbocycles. The molecule has 0 atom stereocenters. The fourth-order valence-corrected chi connectivity index (χ4v) is 2.62. The van der Waals surface area contributed by atoms with E-state index in [1.54, 1.807) is 0 Å². The molecule has 0 aliphatic heterocycles. The molecule has 118 valence electrons. The van der Waals surface area contributed by atoms with Crippen LogP contribution in [0.4, 0.5) is 5.69 Å². The van der Waals surface area contributed by atoms with Crippen LogP contribution in [0.25, 0.3) is 0 Å². The summed E-state index contributed by atoms with van der Waals surface area (Å²) in [5.74, 6) is 0.501. The van der Waals surface area contributed by atoms with Gasteiger partial charge in [-0.2, -0.15) is 5.10 Å². The second-order valence-corrected chi connectivity index (χ2v) is 6.10. The number of nitrogens with zero attached hydrogens (tertiary/aromatic N) is 2. The summed E-state index contributed by atoms with van der Waals surface area (Å²) in [6.45, 7) is 8.33. The number of carbonyl (C=O) groups is 1. The van der Waals surface area contributed by atoms with Gasteiger partial charge >= 0.3 is 0 Å². The molecule has 0 spiro atoms. The topological polar surface area (TPSA) is 46.9 Å². The highest BCUT2D eigenvalue weighted by atomic mass is 16.1. The summed E-state index contributed by atoms with van der Waals surface area (Å²) in [6, 6.07) is 8.05. The number of aromatic nitrogens is 2. The van der Waals surface area contributed by atoms with Gasteiger partial charge in [-0.05, 0) is 49.4 Å². The number of amides is 1. The maximum atomic E-state index is 12.2. The number of hydrogen-bond donors (Lipinski definition) is 1. The van der Waals surface area contributed by atoms with E-state index in [1.165, 1.54) is 11.1 Å². The second-order valence-electron chi connectivity index (χ2n) is 6.10. The highest BCUT2D eigenvalue weighted by Gasteiger charge is 2.11. The lowest BCUT2D eigenvalue weighted by Crippen LogP contribution is -2.13. The molecule has 1 heterocycles. The van der Waals surface area contributed by atoms with Crippen molar-refractivity contribution in [2.24, 2.45) is 7.05 Å². The third-order valence-corrected chi connectivity index (χ3v) is 4.10. The van der Waals surface area contributed by atoms with Crippen LogP contribution in [0.2, 0.25) is 0 Å². The van der Waals surface area contributed by atoms with Crippen LogP contribution < -0.4 is 5.32 Å². The van der Waals surface area contributed by atoms with Gasteiger partial charge in [-0.15, -0.1) is 0 Å². The van der Waals surface area contributed by atoms with Gasteiger partial charge in [-0.3, -0.25) is 9.48 Å². The fourth-order valence-electron chi connectivity index (χ4n) is 2.62. The minimum absolute atomic E-state index is 0.0450. The largest absolute Gasteiger partial charge is 0.326 e. The molecule has 4 heteroatoms. The van der Waals surface area contributed by atoms with Crippen molar-refractivity contribution >= 4 is 11.6 Å². The van der Waals surface area contributed by atoms with Crippen molar-refractivity contribution in [1.29, 1.82) is 0 Å². The summed E-state index contributed by atoms with van der Waals surface area (Å²) in [7, 11) is 1.93. The molecular formula is C18H25N3O. The summed E-state index contributed by atoms with van der Waals surface area (Å²) < 4.78 is 1.87. The van der Waals surface area contributed by atoms with E-state index in [0.717, 1.165) is 23.5 Å². The van der Waals surface area contributed by atoms with Crippen molar-refractivity contribution < 1.29 is 4.79 Å². The van der Waals surface area contributed by atoms with Crippen LogP contribution in [0.5, 0.6) is 0 Å². The molecule has 1 aromatic carbocycles. The summed E-state index contributed by atoms with van der Waals surface area (Å²) in [4.78, 5) is 12.2. The summed E-state index contributed by atoms with van der Waals surface area (Å²) in [5, 5.41) is 7.38. The lowest BCUT2D eigenvalue weighted by atomic mass is 10.0. The number of carbonyl (C=O) groups excluding carboxylic acids is 1. The van der Waals surface area contributed by atoms with Crippen LogP contribution in [-0.2, 0) is 18.3 Å². The lowest BCUT2D eigenvalue weighted by molar-refractivity contribution is -0.116. The van der Waals surface area contributed by atoms with E-state index in [1.807, 2.05) is 43.8 Å². The van der Waals surface area contributed by atoms with Crippen LogP contribution in [0.15, 0.2) is 24.3 Å². The molecule has 0 fully saturated rings. The summed E-state index contributed by atoms with van der Waals surface area (Å²) >= 11 is 0. The van der Waals surface area contributed by atoms with Crippen LogP contribution in [0, 0.1) is 13.8 Å². The molecule has 0 bridgehead atoms. The highest BCUT2D eigenvalue weighted by molar-refractivity contribution is 5.90. The van der Waals surface area contributed by atoms with Gasteiger partial charge in [0.2, 0.25) is 5.91 Å². The van der Waals surface area contributed by atoms with Crippen molar-refractivity contribution in [3.63, 3.8) is 0 Å². The van der Waals surface area contributed by atoms with E-state index in [2.05, 4.69) is 30.3 Å². The smallest absolute Gasteiger partial charge is 0.224 e. The summed E-state index contributed by atoms with van der Waals surface area (Å²) in [5.41, 5.74) is 5.42. The maximum Gasteiger partial charge on any atom is 0.224 e. The number of aryl methyl sites for hydroxylation is 2. The Kier molecular flexibility index (Phi) is 5.01. The second kappa shape index (κ2) is 6.77. The molecule has 1 amide bonds. The summed E-state index contributed by atoms with van der Waals surface area (Å²) in [6.07, 6.45) is 1.19. The van der Waals surface area contributed by atoms with Crippen molar-refractivity contribution in [1.82, 2.24) is 9.78 Å². The Bertz CT molecular complexity index is 671. The first kappa shape index (κ1) is 16.3. The van der Waals surface area contributed by atoms with Gasteiger partial charge < -0.3 is 5.32 Å². The Hall–Kier alpha value is -2.10. The third kappa shape index (κ3) is 3.75. The molecule has 0 unspecified atom stereocenters. The average molecular weight is 299 g/mol. The normalized spacial score (nSPS) is 11.0. The predicted molar refractivity (Wildman–Crippen MR) is 90.2 cm³/mol. The van der Waals surface area contributed by atoms with Crippen molar-refractivity contribution in [2.45, 2.75) is 46.5 Å². The first-order valence-corrected chi connectivity index (χ1v) is 7.77. The molecule has 2 aromatic rings. The van der Waals surface area contributed by atoms with Crippen LogP contribution >= 0.6 is 0 Å². The Balaban J connectivity index is 1.97. The molecular weight excluding hydrogens is 274 g/mol. The van der Waals surface area contributed by atoms with Crippen molar-refractivity contribution in [2.75, 3.05) is 5.32 Å². The maximum absolute atomic E-state index is 12.2. The molecule has 0 radical (unpaired) electrons. The van der Waals surface area contributed by atoms with Crippen molar-refractivity contribution in [3.8, 4) is 0 Å². The molecule has 1 aromatic heterocycles. The number of benzene rings is 1. The highest BCUT2D eigenvalue weighted by Crippen LogP contribution is 2.19. The molecule has 0 saturated carbocycles. The number of nitrogens with one attached hydrogen (secondary N) is 1. The molecule has 0 aliphatic rings. The molecule has 22 heavy (non-hydrogen) atoms. The van der Waals surface area contributed by atoms with Gasteiger partial charge in [-0.1, -0.05) is 26.0 Å². The number of rotatable bonds is 5. The van der Waals surface area contributed by atoms with Crippen LogP contribution in [0.1, 0.15) is 48.7 Å². The molecule has 2 rings (SSSR count). The van der Waals surface area contributed by atoms with Gasteiger partial charge in [0.1, 0.15) is 0 Å². The predicted octanol–water partition coefficient (Wildman–Crippen LogP) is 3.73.